The van der Waals surface area contributed by atoms with Gasteiger partial charge in [0.05, 0.1) is 18.7 Å². The Morgan fingerprint density at radius 1 is 1.07 bits per heavy atom. The van der Waals surface area contributed by atoms with Gasteiger partial charge in [0, 0.05) is 23.0 Å². The molecule has 146 valence electrons. The molecule has 1 saturated heterocycles. The van der Waals surface area contributed by atoms with Crippen LogP contribution in [0.2, 0.25) is 0 Å². The first kappa shape index (κ1) is 19.2. The third-order valence-electron chi connectivity index (χ3n) is 5.93. The summed E-state index contributed by atoms with van der Waals surface area (Å²) in [5.41, 5.74) is 2.44. The number of benzene rings is 2. The molecule has 1 heterocycles. The van der Waals surface area contributed by atoms with E-state index in [2.05, 4.69) is 17.9 Å². The summed E-state index contributed by atoms with van der Waals surface area (Å²) in [6.07, 6.45) is 2.80. The van der Waals surface area contributed by atoms with Crippen LogP contribution in [0.4, 0.5) is 4.39 Å². The van der Waals surface area contributed by atoms with E-state index in [-0.39, 0.29) is 36.2 Å². The minimum atomic E-state index is -0.545. The second-order valence-corrected chi connectivity index (χ2v) is 7.60. The van der Waals surface area contributed by atoms with Crippen molar-refractivity contribution in [2.24, 2.45) is 5.92 Å². The maximum Gasteiger partial charge on any atom is 0.227 e. The van der Waals surface area contributed by atoms with Crippen molar-refractivity contribution in [1.82, 2.24) is 4.90 Å². The first-order chi connectivity index (χ1) is 14.1. The molecule has 0 bridgehead atoms. The number of likely N-dealkylation sites (tertiary alicyclic amines) is 1. The monoisotopic (exact) mass is 388 g/mol. The number of halogens is 1. The summed E-state index contributed by atoms with van der Waals surface area (Å²) in [6, 6.07) is 14.9. The quantitative estimate of drug-likeness (QED) is 0.822. The number of aliphatic hydroxyl groups is 1. The summed E-state index contributed by atoms with van der Waals surface area (Å²) >= 11 is 0. The Morgan fingerprint density at radius 2 is 1.66 bits per heavy atom. The van der Waals surface area contributed by atoms with Crippen LogP contribution in [0.5, 0.6) is 0 Å². The Bertz CT molecular complexity index is 994. The normalized spacial score (nSPS) is 23.2. The summed E-state index contributed by atoms with van der Waals surface area (Å²) in [5.74, 6) is 5.54. The molecule has 2 fully saturated rings. The molecule has 1 saturated carbocycles. The van der Waals surface area contributed by atoms with Crippen LogP contribution in [-0.2, 0) is 4.79 Å². The smallest absolute Gasteiger partial charge is 0.227 e. The van der Waals surface area contributed by atoms with Gasteiger partial charge in [-0.15, -0.1) is 0 Å². The maximum atomic E-state index is 13.0. The Hall–Kier alpha value is -3.15. The van der Waals surface area contributed by atoms with Crippen molar-refractivity contribution in [2.45, 2.75) is 37.3 Å². The highest BCUT2D eigenvalue weighted by molar-refractivity contribution is 5.82. The molecular formula is C24H21FN2O2. The molecule has 0 spiro atoms. The van der Waals surface area contributed by atoms with Gasteiger partial charge in [-0.25, -0.2) is 4.39 Å². The third kappa shape index (κ3) is 3.62. The molecule has 5 heteroatoms. The molecule has 3 atom stereocenters. The summed E-state index contributed by atoms with van der Waals surface area (Å²) in [4.78, 5) is 14.2. The summed E-state index contributed by atoms with van der Waals surface area (Å²) in [6.45, 7) is -0.159. The lowest BCUT2D eigenvalue weighted by molar-refractivity contribution is -0.154. The largest absolute Gasteiger partial charge is 0.394 e. The van der Waals surface area contributed by atoms with Gasteiger partial charge in [0.1, 0.15) is 11.9 Å². The van der Waals surface area contributed by atoms with Gasteiger partial charge < -0.3 is 10.0 Å². The Balaban J connectivity index is 1.50. The van der Waals surface area contributed by atoms with Gasteiger partial charge in [0.15, 0.2) is 0 Å². The lowest BCUT2D eigenvalue weighted by atomic mass is 9.73. The van der Waals surface area contributed by atoms with E-state index in [1.54, 1.807) is 17.0 Å². The van der Waals surface area contributed by atoms with Gasteiger partial charge >= 0.3 is 0 Å². The zero-order valence-electron chi connectivity index (χ0n) is 15.9. The van der Waals surface area contributed by atoms with Crippen LogP contribution in [0, 0.1) is 34.9 Å². The van der Waals surface area contributed by atoms with Gasteiger partial charge in [0.25, 0.3) is 0 Å². The first-order valence-electron chi connectivity index (χ1n) is 9.82. The van der Waals surface area contributed by atoms with E-state index in [1.807, 2.05) is 24.3 Å². The number of nitrogens with zero attached hydrogens (tertiary/aromatic N) is 2. The molecule has 4 nitrogen and oxygen atoms in total. The molecule has 0 unspecified atom stereocenters. The van der Waals surface area contributed by atoms with Crippen LogP contribution in [0.3, 0.4) is 0 Å². The van der Waals surface area contributed by atoms with Gasteiger partial charge in [-0.05, 0) is 54.8 Å². The average molecular weight is 388 g/mol. The fraction of sp³-hybridized carbons (Fsp3) is 0.333. The Morgan fingerprint density at radius 3 is 2.14 bits per heavy atom. The van der Waals surface area contributed by atoms with Gasteiger partial charge in [-0.3, -0.25) is 4.79 Å². The predicted octanol–water partition coefficient (Wildman–Crippen LogP) is 3.20. The standard InChI is InChI=1S/C24H21FN2O2/c25-20-12-8-17(9-13-20)5-4-16-6-10-18(11-7-16)23-21(14-26)27(22(23)15-28)24(29)19-2-1-3-19/h6-13,19,21-23,28H,1-3,15H2/t21-,22+,23-/m1/s1. The molecule has 0 aromatic heterocycles. The molecule has 2 aliphatic rings. The van der Waals surface area contributed by atoms with Crippen LogP contribution >= 0.6 is 0 Å². The molecule has 2 aromatic carbocycles. The summed E-state index contributed by atoms with van der Waals surface area (Å²) in [5, 5.41) is 19.5. The van der Waals surface area contributed by atoms with E-state index in [9.17, 15) is 19.6 Å². The number of aliphatic hydroxyl groups excluding tert-OH is 1. The van der Waals surface area contributed by atoms with Gasteiger partial charge in [0.2, 0.25) is 5.91 Å². The van der Waals surface area contributed by atoms with Gasteiger partial charge in [-0.2, -0.15) is 5.26 Å². The van der Waals surface area contributed by atoms with Crippen LogP contribution in [-0.4, -0.2) is 34.6 Å². The van der Waals surface area contributed by atoms with E-state index in [4.69, 9.17) is 0 Å². The number of carbonyl (C=O) groups is 1. The van der Waals surface area contributed by atoms with E-state index in [0.29, 0.717) is 0 Å². The molecule has 0 radical (unpaired) electrons. The molecule has 29 heavy (non-hydrogen) atoms. The zero-order chi connectivity index (χ0) is 20.4. The fourth-order valence-corrected chi connectivity index (χ4v) is 4.04. The number of nitriles is 1. The molecule has 1 N–H and O–H groups in total. The lowest BCUT2D eigenvalue weighted by Gasteiger charge is -2.53. The third-order valence-corrected chi connectivity index (χ3v) is 5.93. The second-order valence-electron chi connectivity index (χ2n) is 7.60. The van der Waals surface area contributed by atoms with Gasteiger partial charge in [-0.1, -0.05) is 30.4 Å². The molecule has 1 aliphatic heterocycles. The Labute approximate surface area is 169 Å². The van der Waals surface area contributed by atoms with Crippen molar-refractivity contribution < 1.29 is 14.3 Å². The lowest BCUT2D eigenvalue weighted by Crippen LogP contribution is -2.66. The highest BCUT2D eigenvalue weighted by Crippen LogP contribution is 2.43. The molecule has 2 aromatic rings. The SMILES string of the molecule is N#C[C@@H]1[C@@H](c2ccc(C#Cc3ccc(F)cc3)cc2)[C@H](CO)N1C(=O)C1CCC1. The number of carbonyl (C=O) groups excluding carboxylic acids is 1. The van der Waals surface area contributed by atoms with Crippen molar-refractivity contribution >= 4 is 5.91 Å². The number of hydrogen-bond donors (Lipinski definition) is 1. The summed E-state index contributed by atoms with van der Waals surface area (Å²) < 4.78 is 13.0. The highest BCUT2D eigenvalue weighted by atomic mass is 19.1. The van der Waals surface area contributed by atoms with Crippen molar-refractivity contribution in [3.8, 4) is 17.9 Å². The molecule has 1 amide bonds. The molecule has 1 aliphatic carbocycles. The summed E-state index contributed by atoms with van der Waals surface area (Å²) in [7, 11) is 0. The minimum Gasteiger partial charge on any atom is -0.394 e. The molecule has 4 rings (SSSR count). The van der Waals surface area contributed by atoms with Crippen LogP contribution in [0.1, 0.15) is 41.9 Å². The minimum absolute atomic E-state index is 0.000107. The van der Waals surface area contributed by atoms with E-state index < -0.39 is 6.04 Å². The number of hydrogen-bond acceptors (Lipinski definition) is 3. The zero-order valence-corrected chi connectivity index (χ0v) is 15.9. The highest BCUT2D eigenvalue weighted by Gasteiger charge is 2.53. The maximum absolute atomic E-state index is 13.0. The number of amides is 1. The van der Waals surface area contributed by atoms with Crippen molar-refractivity contribution in [3.05, 3.63) is 71.0 Å². The fourth-order valence-electron chi connectivity index (χ4n) is 4.04. The van der Waals surface area contributed by atoms with Crippen molar-refractivity contribution in [1.29, 1.82) is 5.26 Å². The first-order valence-corrected chi connectivity index (χ1v) is 9.82. The Kier molecular flexibility index (Phi) is 5.34. The van der Waals surface area contributed by atoms with Crippen LogP contribution < -0.4 is 0 Å². The van der Waals surface area contributed by atoms with Crippen LogP contribution in [0.15, 0.2) is 48.5 Å². The van der Waals surface area contributed by atoms with E-state index >= 15 is 0 Å². The second kappa shape index (κ2) is 8.07. The number of rotatable bonds is 3. The average Bonchev–Trinajstić information content (AvgIpc) is 2.67. The van der Waals surface area contributed by atoms with E-state index in [0.717, 1.165) is 36.0 Å². The topological polar surface area (TPSA) is 64.3 Å². The molecular weight excluding hydrogens is 367 g/mol. The predicted molar refractivity (Wildman–Crippen MR) is 106 cm³/mol. The van der Waals surface area contributed by atoms with Crippen LogP contribution in [0.25, 0.3) is 0 Å². The van der Waals surface area contributed by atoms with Crippen molar-refractivity contribution in [3.63, 3.8) is 0 Å². The van der Waals surface area contributed by atoms with Crippen molar-refractivity contribution in [2.75, 3.05) is 6.61 Å². The van der Waals surface area contributed by atoms with E-state index in [1.165, 1.54) is 12.1 Å².